The molecule has 0 rings (SSSR count). The van der Waals surface area contributed by atoms with Crippen molar-refractivity contribution in [2.24, 2.45) is 11.5 Å². The van der Waals surface area contributed by atoms with Gasteiger partial charge in [-0.1, -0.05) is 0 Å². The van der Waals surface area contributed by atoms with Crippen molar-refractivity contribution in [3.8, 4) is 0 Å². The number of rotatable bonds is 5. The Bertz CT molecular complexity index is 177. The topological polar surface area (TPSA) is 118 Å². The van der Waals surface area contributed by atoms with Crippen molar-refractivity contribution < 1.29 is 14.7 Å². The van der Waals surface area contributed by atoms with Crippen LogP contribution in [0.5, 0.6) is 0 Å². The molecule has 0 radical (unpaired) electrons. The number of carbonyl (C=O) groups excluding carboxylic acids is 1. The Hall–Kier alpha value is -0.300. The number of amides is 2. The Balaban J connectivity index is 0. The number of urea groups is 1. The molecule has 1 unspecified atom stereocenters. The van der Waals surface area contributed by atoms with E-state index in [1.165, 1.54) is 0 Å². The number of primary amides is 1. The van der Waals surface area contributed by atoms with Crippen molar-refractivity contribution in [2.75, 3.05) is 6.54 Å². The molecule has 0 saturated heterocycles. The quantitative estimate of drug-likeness (QED) is 0.308. The van der Waals surface area contributed by atoms with Gasteiger partial charge in [-0.15, -0.1) is 0 Å². The molecule has 0 bridgehead atoms. The molecule has 0 aromatic rings. The second-order valence-corrected chi connectivity index (χ2v) is 2.38. The molecule has 72 valence electrons. The zero-order valence-electron chi connectivity index (χ0n) is 6.62. The Kier molecular flexibility index (Phi) is 9.70. The minimum absolute atomic E-state index is 0. The van der Waals surface area contributed by atoms with Crippen LogP contribution < -0.4 is 16.8 Å². The molecule has 0 aromatic carbocycles. The van der Waals surface area contributed by atoms with Crippen LogP contribution in [0.1, 0.15) is 12.8 Å². The van der Waals surface area contributed by atoms with Gasteiger partial charge in [0.05, 0.1) is 0 Å². The summed E-state index contributed by atoms with van der Waals surface area (Å²) in [6, 6.07) is -1.47. The molecule has 0 aromatic heterocycles. The van der Waals surface area contributed by atoms with E-state index in [9.17, 15) is 9.59 Å². The normalized spacial score (nSPS) is 11.2. The third-order valence-corrected chi connectivity index (χ3v) is 1.31. The van der Waals surface area contributed by atoms with Crippen LogP contribution in [0, 0.1) is 0 Å². The Morgan fingerprint density at radius 2 is 2.00 bits per heavy atom. The molecule has 6 N–H and O–H groups in total. The molecule has 0 spiro atoms. The van der Waals surface area contributed by atoms with E-state index >= 15 is 0 Å². The van der Waals surface area contributed by atoms with E-state index in [1.54, 1.807) is 0 Å². The molecule has 0 aliphatic heterocycles. The maximum atomic E-state index is 10.2. The molecule has 0 fully saturated rings. The molecule has 0 aliphatic carbocycles. The fourth-order valence-electron chi connectivity index (χ4n) is 0.657. The number of aliphatic carboxylic acids is 1. The molecular formula is C6H14N3NaO3. The Labute approximate surface area is 98.3 Å². The van der Waals surface area contributed by atoms with E-state index in [-0.39, 0.29) is 29.6 Å². The average molecular weight is 199 g/mol. The van der Waals surface area contributed by atoms with Gasteiger partial charge in [0.25, 0.3) is 0 Å². The van der Waals surface area contributed by atoms with Gasteiger partial charge in [0.15, 0.2) is 0 Å². The summed E-state index contributed by atoms with van der Waals surface area (Å²) < 4.78 is 0. The number of carbonyl (C=O) groups is 2. The first-order valence-corrected chi connectivity index (χ1v) is 3.55. The van der Waals surface area contributed by atoms with Crippen LogP contribution in [0.25, 0.3) is 0 Å². The van der Waals surface area contributed by atoms with Gasteiger partial charge in [-0.3, -0.25) is 4.79 Å². The van der Waals surface area contributed by atoms with E-state index in [0.717, 1.165) is 0 Å². The van der Waals surface area contributed by atoms with E-state index in [4.69, 9.17) is 16.6 Å². The fraction of sp³-hybridized carbons (Fsp3) is 0.667. The van der Waals surface area contributed by atoms with Gasteiger partial charge >= 0.3 is 41.6 Å². The second kappa shape index (κ2) is 8.31. The SMILES string of the molecule is NC(=O)NCCCC(N)C(=O)O.[NaH]. The van der Waals surface area contributed by atoms with Crippen LogP contribution in [-0.2, 0) is 4.79 Å². The molecule has 0 heterocycles. The van der Waals surface area contributed by atoms with Crippen molar-refractivity contribution in [1.82, 2.24) is 5.32 Å². The number of carboxylic acids is 1. The predicted molar refractivity (Wildman–Crippen MR) is 49.6 cm³/mol. The van der Waals surface area contributed by atoms with Crippen molar-refractivity contribution in [3.63, 3.8) is 0 Å². The van der Waals surface area contributed by atoms with Crippen LogP contribution >= 0.6 is 0 Å². The Morgan fingerprint density at radius 3 is 2.38 bits per heavy atom. The van der Waals surface area contributed by atoms with Crippen molar-refractivity contribution in [1.29, 1.82) is 0 Å². The summed E-state index contributed by atoms with van der Waals surface area (Å²) in [5.74, 6) is -1.03. The van der Waals surface area contributed by atoms with Gasteiger partial charge in [0.1, 0.15) is 6.04 Å². The van der Waals surface area contributed by atoms with Crippen LogP contribution in [-0.4, -0.2) is 59.3 Å². The summed E-state index contributed by atoms with van der Waals surface area (Å²) in [4.78, 5) is 20.3. The molecular weight excluding hydrogens is 185 g/mol. The van der Waals surface area contributed by atoms with Gasteiger partial charge in [0, 0.05) is 6.54 Å². The van der Waals surface area contributed by atoms with Crippen LogP contribution in [0.3, 0.4) is 0 Å². The van der Waals surface area contributed by atoms with Crippen LogP contribution in [0.15, 0.2) is 0 Å². The second-order valence-electron chi connectivity index (χ2n) is 2.38. The van der Waals surface area contributed by atoms with Crippen molar-refractivity contribution >= 4 is 41.6 Å². The van der Waals surface area contributed by atoms with Crippen LogP contribution in [0.2, 0.25) is 0 Å². The molecule has 6 nitrogen and oxygen atoms in total. The number of nitrogens with one attached hydrogen (secondary N) is 1. The van der Waals surface area contributed by atoms with Gasteiger partial charge in [-0.2, -0.15) is 0 Å². The third kappa shape index (κ3) is 9.62. The Morgan fingerprint density at radius 1 is 1.46 bits per heavy atom. The average Bonchev–Trinajstić information content (AvgIpc) is 1.97. The maximum absolute atomic E-state index is 10.2. The van der Waals surface area contributed by atoms with Gasteiger partial charge < -0.3 is 21.9 Å². The molecule has 0 saturated carbocycles. The monoisotopic (exact) mass is 199 g/mol. The number of hydrogen-bond donors (Lipinski definition) is 4. The third-order valence-electron chi connectivity index (χ3n) is 1.31. The van der Waals surface area contributed by atoms with Crippen molar-refractivity contribution in [2.45, 2.75) is 18.9 Å². The molecule has 0 aliphatic rings. The zero-order valence-corrected chi connectivity index (χ0v) is 6.62. The zero-order chi connectivity index (χ0) is 9.56. The predicted octanol–water partition coefficient (Wildman–Crippen LogP) is -1.80. The summed E-state index contributed by atoms with van der Waals surface area (Å²) in [5, 5.41) is 10.7. The van der Waals surface area contributed by atoms with E-state index < -0.39 is 18.0 Å². The first-order valence-electron chi connectivity index (χ1n) is 3.55. The summed E-state index contributed by atoms with van der Waals surface area (Å²) in [6.45, 7) is 0.357. The number of carboxylic acid groups (broad SMARTS) is 1. The summed E-state index contributed by atoms with van der Waals surface area (Å²) in [6.07, 6.45) is 0.839. The van der Waals surface area contributed by atoms with E-state index in [0.29, 0.717) is 19.4 Å². The van der Waals surface area contributed by atoms with Crippen molar-refractivity contribution in [3.05, 3.63) is 0 Å². The summed E-state index contributed by atoms with van der Waals surface area (Å²) >= 11 is 0. The minimum atomic E-state index is -1.03. The standard InChI is InChI=1S/C6H13N3O3.Na.H/c7-4(5(10)11)2-1-3-9-6(8)12;;/h4H,1-3,7H2,(H,10,11)(H3,8,9,12);;. The van der Waals surface area contributed by atoms with Gasteiger partial charge in [0.2, 0.25) is 0 Å². The summed E-state index contributed by atoms with van der Waals surface area (Å²) in [5.41, 5.74) is 9.96. The summed E-state index contributed by atoms with van der Waals surface area (Å²) in [7, 11) is 0. The number of hydrogen-bond acceptors (Lipinski definition) is 3. The first kappa shape index (κ1) is 15.2. The fourth-order valence-corrected chi connectivity index (χ4v) is 0.657. The molecule has 13 heavy (non-hydrogen) atoms. The van der Waals surface area contributed by atoms with Gasteiger partial charge in [-0.25, -0.2) is 4.79 Å². The van der Waals surface area contributed by atoms with E-state index in [1.807, 2.05) is 0 Å². The van der Waals surface area contributed by atoms with Gasteiger partial charge in [-0.05, 0) is 12.8 Å². The molecule has 1 atom stereocenters. The molecule has 2 amide bonds. The first-order chi connectivity index (χ1) is 5.54. The van der Waals surface area contributed by atoms with E-state index in [2.05, 4.69) is 5.32 Å². The molecule has 7 heteroatoms. The van der Waals surface area contributed by atoms with Crippen LogP contribution in [0.4, 0.5) is 4.79 Å². The number of nitrogens with two attached hydrogens (primary N) is 2.